The van der Waals surface area contributed by atoms with Crippen LogP contribution in [0.3, 0.4) is 0 Å². The largest absolute Gasteiger partial charge is 0.476 e. The summed E-state index contributed by atoms with van der Waals surface area (Å²) >= 11 is 0. The van der Waals surface area contributed by atoms with E-state index in [2.05, 4.69) is 10.3 Å². The van der Waals surface area contributed by atoms with E-state index in [0.29, 0.717) is 16.8 Å². The molecule has 0 saturated heterocycles. The first-order valence-corrected chi connectivity index (χ1v) is 7.22. The molecule has 0 spiro atoms. The second-order valence-electron chi connectivity index (χ2n) is 5.13. The first kappa shape index (κ1) is 15.5. The summed E-state index contributed by atoms with van der Waals surface area (Å²) in [5.41, 5.74) is 1.73. The number of oxazole rings is 1. The number of carbonyl (C=O) groups excluding carboxylic acids is 1. The van der Waals surface area contributed by atoms with Crippen LogP contribution in [0.25, 0.3) is 22.8 Å². The van der Waals surface area contributed by atoms with E-state index in [4.69, 9.17) is 4.42 Å². The van der Waals surface area contributed by atoms with Crippen molar-refractivity contribution in [3.63, 3.8) is 0 Å². The number of nitrogens with one attached hydrogen (secondary N) is 1. The fraction of sp³-hybridized carbons (Fsp3) is 0.0556. The first-order valence-electron chi connectivity index (χ1n) is 7.22. The minimum Gasteiger partial charge on any atom is -0.476 e. The molecule has 3 rings (SSSR count). The van der Waals surface area contributed by atoms with E-state index in [0.717, 1.165) is 0 Å². The van der Waals surface area contributed by atoms with Gasteiger partial charge in [0.1, 0.15) is 0 Å². The highest BCUT2D eigenvalue weighted by Crippen LogP contribution is 2.30. The number of carboxylic acid groups (broad SMARTS) is 1. The third-order valence-corrected chi connectivity index (χ3v) is 3.32. The molecule has 0 aliphatic rings. The van der Waals surface area contributed by atoms with Crippen molar-refractivity contribution in [3.05, 3.63) is 60.3 Å². The van der Waals surface area contributed by atoms with Gasteiger partial charge in [0.05, 0.1) is 0 Å². The molecule has 0 aliphatic heterocycles. The summed E-state index contributed by atoms with van der Waals surface area (Å²) in [5.74, 6) is -0.925. The number of carboxylic acids is 1. The topological polar surface area (TPSA) is 92.4 Å². The molecule has 0 radical (unpaired) electrons. The van der Waals surface area contributed by atoms with Gasteiger partial charge in [0, 0.05) is 23.7 Å². The van der Waals surface area contributed by atoms with E-state index >= 15 is 0 Å². The fourth-order valence-electron chi connectivity index (χ4n) is 2.27. The van der Waals surface area contributed by atoms with E-state index in [1.807, 2.05) is 18.2 Å². The van der Waals surface area contributed by atoms with Crippen LogP contribution < -0.4 is 5.32 Å². The van der Waals surface area contributed by atoms with Gasteiger partial charge in [-0.3, -0.25) is 4.79 Å². The maximum absolute atomic E-state index is 11.5. The zero-order chi connectivity index (χ0) is 17.1. The van der Waals surface area contributed by atoms with Crippen LogP contribution in [0.2, 0.25) is 0 Å². The zero-order valence-corrected chi connectivity index (χ0v) is 12.8. The maximum Gasteiger partial charge on any atom is 0.358 e. The Morgan fingerprint density at radius 2 is 1.67 bits per heavy atom. The van der Waals surface area contributed by atoms with Crippen molar-refractivity contribution < 1.29 is 19.1 Å². The minimum atomic E-state index is -1.16. The quantitative estimate of drug-likeness (QED) is 0.764. The molecule has 1 heterocycles. The number of hydrogen-bond acceptors (Lipinski definition) is 4. The summed E-state index contributed by atoms with van der Waals surface area (Å²) in [7, 11) is 0. The number of carbonyl (C=O) groups is 2. The van der Waals surface area contributed by atoms with E-state index in [1.165, 1.54) is 6.92 Å². The summed E-state index contributed by atoms with van der Waals surface area (Å²) < 4.78 is 5.69. The lowest BCUT2D eigenvalue weighted by atomic mass is 10.1. The number of hydrogen-bond donors (Lipinski definition) is 2. The van der Waals surface area contributed by atoms with Crippen LogP contribution in [0.1, 0.15) is 17.4 Å². The van der Waals surface area contributed by atoms with Gasteiger partial charge in [-0.25, -0.2) is 9.78 Å². The Morgan fingerprint density at radius 1 is 1.00 bits per heavy atom. The Hall–Kier alpha value is -3.41. The van der Waals surface area contributed by atoms with Crippen molar-refractivity contribution in [2.24, 2.45) is 0 Å². The molecule has 1 amide bonds. The van der Waals surface area contributed by atoms with Crippen molar-refractivity contribution in [3.8, 4) is 22.8 Å². The minimum absolute atomic E-state index is 0.152. The fourth-order valence-corrected chi connectivity index (χ4v) is 2.27. The van der Waals surface area contributed by atoms with E-state index in [9.17, 15) is 14.7 Å². The number of aromatic carboxylic acids is 1. The van der Waals surface area contributed by atoms with Crippen LogP contribution in [-0.4, -0.2) is 22.0 Å². The van der Waals surface area contributed by atoms with Crippen molar-refractivity contribution in [2.75, 3.05) is 5.32 Å². The van der Waals surface area contributed by atoms with Gasteiger partial charge in [0.25, 0.3) is 0 Å². The average Bonchev–Trinajstić information content (AvgIpc) is 3.01. The van der Waals surface area contributed by atoms with Gasteiger partial charge in [-0.05, 0) is 36.4 Å². The maximum atomic E-state index is 11.5. The third-order valence-electron chi connectivity index (χ3n) is 3.32. The summed E-state index contributed by atoms with van der Waals surface area (Å²) in [4.78, 5) is 26.6. The Balaban J connectivity index is 2.02. The van der Waals surface area contributed by atoms with E-state index in [1.54, 1.807) is 36.4 Å². The van der Waals surface area contributed by atoms with Gasteiger partial charge in [-0.15, -0.1) is 0 Å². The van der Waals surface area contributed by atoms with E-state index in [-0.39, 0.29) is 23.3 Å². The van der Waals surface area contributed by atoms with Crippen molar-refractivity contribution in [1.82, 2.24) is 4.98 Å². The molecule has 24 heavy (non-hydrogen) atoms. The molecule has 0 fully saturated rings. The highest BCUT2D eigenvalue weighted by Gasteiger charge is 2.21. The molecule has 2 aromatic carbocycles. The van der Waals surface area contributed by atoms with E-state index < -0.39 is 5.97 Å². The summed E-state index contributed by atoms with van der Waals surface area (Å²) in [5, 5.41) is 12.0. The number of nitrogens with zero attached hydrogens (tertiary/aromatic N) is 1. The molecule has 0 saturated carbocycles. The molecule has 0 atom stereocenters. The summed E-state index contributed by atoms with van der Waals surface area (Å²) in [6.07, 6.45) is 0. The molecule has 0 aliphatic carbocycles. The van der Waals surface area contributed by atoms with Gasteiger partial charge in [-0.1, -0.05) is 18.2 Å². The number of rotatable bonds is 4. The molecule has 6 heteroatoms. The normalized spacial score (nSPS) is 10.4. The first-order chi connectivity index (χ1) is 11.5. The van der Waals surface area contributed by atoms with Crippen LogP contribution >= 0.6 is 0 Å². The number of benzene rings is 2. The number of anilines is 1. The second-order valence-corrected chi connectivity index (χ2v) is 5.13. The molecule has 0 bridgehead atoms. The second kappa shape index (κ2) is 6.37. The van der Waals surface area contributed by atoms with Crippen LogP contribution in [0.5, 0.6) is 0 Å². The molecular weight excluding hydrogens is 308 g/mol. The number of aromatic nitrogens is 1. The predicted octanol–water partition coefficient (Wildman–Crippen LogP) is 3.67. The van der Waals surface area contributed by atoms with Crippen LogP contribution in [-0.2, 0) is 4.79 Å². The Labute approximate surface area is 137 Å². The van der Waals surface area contributed by atoms with Crippen molar-refractivity contribution >= 4 is 17.6 Å². The van der Waals surface area contributed by atoms with Crippen LogP contribution in [0.15, 0.2) is 59.0 Å². The highest BCUT2D eigenvalue weighted by atomic mass is 16.4. The smallest absolute Gasteiger partial charge is 0.358 e. The van der Waals surface area contributed by atoms with Gasteiger partial charge < -0.3 is 14.8 Å². The lowest BCUT2D eigenvalue weighted by Gasteiger charge is -2.03. The monoisotopic (exact) mass is 322 g/mol. The molecule has 3 aromatic rings. The van der Waals surface area contributed by atoms with Gasteiger partial charge in [-0.2, -0.15) is 0 Å². The predicted molar refractivity (Wildman–Crippen MR) is 88.6 cm³/mol. The molecule has 1 aromatic heterocycles. The number of amides is 1. The third kappa shape index (κ3) is 3.17. The van der Waals surface area contributed by atoms with Crippen LogP contribution in [0.4, 0.5) is 5.69 Å². The van der Waals surface area contributed by atoms with Crippen molar-refractivity contribution in [1.29, 1.82) is 0 Å². The Kier molecular flexibility index (Phi) is 4.11. The standard InChI is InChI=1S/C18H14N2O4/c1-11(21)19-14-9-7-12(8-10-14)16-15(18(22)23)20-17(24-16)13-5-3-2-4-6-13/h2-10H,1H3,(H,19,21)(H,22,23). The van der Waals surface area contributed by atoms with Gasteiger partial charge in [0.2, 0.25) is 11.8 Å². The average molecular weight is 322 g/mol. The highest BCUT2D eigenvalue weighted by molar-refractivity contribution is 5.93. The Morgan fingerprint density at radius 3 is 2.25 bits per heavy atom. The van der Waals surface area contributed by atoms with Crippen molar-refractivity contribution in [2.45, 2.75) is 6.92 Å². The molecule has 6 nitrogen and oxygen atoms in total. The zero-order valence-electron chi connectivity index (χ0n) is 12.8. The Bertz CT molecular complexity index is 883. The molecular formula is C18H14N2O4. The SMILES string of the molecule is CC(=O)Nc1ccc(-c2oc(-c3ccccc3)nc2C(=O)O)cc1. The molecule has 2 N–H and O–H groups in total. The summed E-state index contributed by atoms with van der Waals surface area (Å²) in [6.45, 7) is 1.42. The summed E-state index contributed by atoms with van der Waals surface area (Å²) in [6, 6.07) is 15.8. The lowest BCUT2D eigenvalue weighted by molar-refractivity contribution is -0.114. The molecule has 120 valence electrons. The molecule has 0 unspecified atom stereocenters. The van der Waals surface area contributed by atoms with Crippen LogP contribution in [0, 0.1) is 0 Å². The van der Waals surface area contributed by atoms with Gasteiger partial charge in [0.15, 0.2) is 11.5 Å². The van der Waals surface area contributed by atoms with Gasteiger partial charge >= 0.3 is 5.97 Å². The lowest BCUT2D eigenvalue weighted by Crippen LogP contribution is -2.05.